The molecule has 6 nitrogen and oxygen atoms in total. The summed E-state index contributed by atoms with van der Waals surface area (Å²) in [5, 5.41) is 11.6. The van der Waals surface area contributed by atoms with Crippen molar-refractivity contribution in [1.82, 2.24) is 24.9 Å². The Hall–Kier alpha value is -8.22. The van der Waals surface area contributed by atoms with Crippen molar-refractivity contribution in [3.8, 4) is 33.6 Å². The summed E-state index contributed by atoms with van der Waals surface area (Å²) in [5.41, 5.74) is 15.6. The number of pyridine rings is 3. The van der Waals surface area contributed by atoms with E-state index in [0.29, 0.717) is 6.54 Å². The lowest BCUT2D eigenvalue weighted by Crippen LogP contribution is -2.24. The summed E-state index contributed by atoms with van der Waals surface area (Å²) >= 11 is 0. The molecule has 0 radical (unpaired) electrons. The molecule has 0 fully saturated rings. The first-order valence-electron chi connectivity index (χ1n) is 23.0. The molecular formula is C60H40N6. The van der Waals surface area contributed by atoms with E-state index in [2.05, 4.69) is 143 Å². The van der Waals surface area contributed by atoms with Crippen LogP contribution in [0.15, 0.2) is 176 Å². The summed E-state index contributed by atoms with van der Waals surface area (Å²) < 4.78 is 0. The van der Waals surface area contributed by atoms with Gasteiger partial charge in [-0.05, 0) is 150 Å². The van der Waals surface area contributed by atoms with Crippen molar-refractivity contribution < 1.29 is 0 Å². The molecule has 14 rings (SSSR count). The molecule has 0 saturated heterocycles. The van der Waals surface area contributed by atoms with Gasteiger partial charge in [0.15, 0.2) is 0 Å². The Bertz CT molecular complexity index is 3930. The van der Waals surface area contributed by atoms with E-state index in [4.69, 9.17) is 19.9 Å². The molecule has 10 aromatic rings. The lowest BCUT2D eigenvalue weighted by atomic mass is 9.75. The zero-order valence-electron chi connectivity index (χ0n) is 36.0. The maximum Gasteiger partial charge on any atom is 0.138 e. The van der Waals surface area contributed by atoms with Crippen molar-refractivity contribution in [3.05, 3.63) is 215 Å². The number of rotatable bonds is 6. The third kappa shape index (κ3) is 5.81. The van der Waals surface area contributed by atoms with E-state index >= 15 is 0 Å². The summed E-state index contributed by atoms with van der Waals surface area (Å²) in [5.74, 6) is 0.825. The highest BCUT2D eigenvalue weighted by atomic mass is 14.9. The average Bonchev–Trinajstić information content (AvgIpc) is 3.39. The van der Waals surface area contributed by atoms with Gasteiger partial charge in [0.25, 0.3) is 0 Å². The van der Waals surface area contributed by atoms with Crippen LogP contribution in [-0.4, -0.2) is 37.2 Å². The van der Waals surface area contributed by atoms with Gasteiger partial charge in [0.2, 0.25) is 0 Å². The third-order valence-electron chi connectivity index (χ3n) is 14.4. The van der Waals surface area contributed by atoms with Crippen molar-refractivity contribution in [1.29, 1.82) is 0 Å². The highest BCUT2D eigenvalue weighted by molar-refractivity contribution is 6.15. The largest absolute Gasteiger partial charge is 0.284 e. The zero-order chi connectivity index (χ0) is 43.3. The number of allylic oxidation sites excluding steroid dienone is 3. The van der Waals surface area contributed by atoms with Gasteiger partial charge >= 0.3 is 0 Å². The van der Waals surface area contributed by atoms with Crippen LogP contribution in [0.25, 0.3) is 94.6 Å². The molecule has 66 heavy (non-hydrogen) atoms. The van der Waals surface area contributed by atoms with Gasteiger partial charge in [-0.25, -0.2) is 9.97 Å². The fraction of sp³-hybridized carbons (Fsp3) is 0.100. The second-order valence-electron chi connectivity index (χ2n) is 18.0. The molecule has 6 aromatic carbocycles. The number of hydrogen-bond donors (Lipinski definition) is 0. The van der Waals surface area contributed by atoms with Crippen molar-refractivity contribution in [3.63, 3.8) is 0 Å². The minimum atomic E-state index is -0.127. The van der Waals surface area contributed by atoms with Crippen LogP contribution in [0.4, 0.5) is 0 Å². The van der Waals surface area contributed by atoms with Crippen LogP contribution in [0.3, 0.4) is 0 Å². The third-order valence-corrected chi connectivity index (χ3v) is 14.4. The first-order chi connectivity index (χ1) is 32.7. The minimum Gasteiger partial charge on any atom is -0.284 e. The van der Waals surface area contributed by atoms with Crippen LogP contribution in [0, 0.1) is 0 Å². The molecule has 0 amide bonds. The van der Waals surface area contributed by atoms with E-state index < -0.39 is 0 Å². The molecular weight excluding hydrogens is 805 g/mol. The number of hydrogen-bond acceptors (Lipinski definition) is 6. The quantitative estimate of drug-likeness (QED) is 0.156. The molecule has 4 aromatic heterocycles. The van der Waals surface area contributed by atoms with E-state index in [9.17, 15) is 0 Å². The van der Waals surface area contributed by atoms with Gasteiger partial charge in [-0.2, -0.15) is 0 Å². The van der Waals surface area contributed by atoms with Crippen LogP contribution < -0.4 is 10.4 Å². The van der Waals surface area contributed by atoms with E-state index in [-0.39, 0.29) is 11.8 Å². The van der Waals surface area contributed by atoms with Crippen LogP contribution in [-0.2, 0) is 12.8 Å². The molecule has 1 aliphatic heterocycles. The maximum atomic E-state index is 5.66. The Morgan fingerprint density at radius 2 is 1.39 bits per heavy atom. The summed E-state index contributed by atoms with van der Waals surface area (Å²) in [4.78, 5) is 30.1. The molecule has 4 aliphatic rings. The van der Waals surface area contributed by atoms with Crippen molar-refractivity contribution in [2.75, 3.05) is 6.54 Å². The van der Waals surface area contributed by atoms with Crippen molar-refractivity contribution >= 4 is 66.7 Å². The predicted molar refractivity (Wildman–Crippen MR) is 269 cm³/mol. The standard InChI is InChI=1S/C60H40N6/c1-5-35-11-13-39-15-21-46(48-23-17-37(7-1)54(35)56(39)48)45-29-50(47-22-16-40-14-12-36-6-2-8-38-18-24-49(47)57(40)55(36)38)59-51(30-45)58(43-19-25-52(63-33-43)41-9-3-27-61-31-41)65-60(66-59)44-20-26-53(64-34-44)42-10-4-28-62-32-42/h1-17,19-22,25-33,44,48H,18,23-24,34H2. The molecule has 2 atom stereocenters. The fourth-order valence-corrected chi connectivity index (χ4v) is 11.3. The molecule has 0 saturated carbocycles. The van der Waals surface area contributed by atoms with Gasteiger partial charge in [0, 0.05) is 64.5 Å². The Labute approximate surface area is 380 Å². The first-order valence-corrected chi connectivity index (χ1v) is 23.0. The topological polar surface area (TPSA) is 76.8 Å². The lowest BCUT2D eigenvalue weighted by molar-refractivity contribution is 0.776. The van der Waals surface area contributed by atoms with Crippen LogP contribution in [0.1, 0.15) is 51.9 Å². The molecule has 3 aliphatic carbocycles. The van der Waals surface area contributed by atoms with Gasteiger partial charge in [-0.15, -0.1) is 0 Å². The van der Waals surface area contributed by atoms with E-state index in [0.717, 1.165) is 75.3 Å². The molecule has 0 spiro atoms. The SMILES string of the molecule is C1=CC(c2nc(-c3ccc(-c4cccnc4)nc3)c3cc(C4=CC=c5ccc6cccc7c6c5C4CC=7)cc(-c4ccc5ccc6cccc7c6c5c4CC7)c3n2)CN=C1c1cccnc1. The fourth-order valence-electron chi connectivity index (χ4n) is 11.3. The van der Waals surface area contributed by atoms with Crippen LogP contribution >= 0.6 is 0 Å². The number of benzene rings is 6. The van der Waals surface area contributed by atoms with Gasteiger partial charge in [-0.1, -0.05) is 97.1 Å². The maximum absolute atomic E-state index is 5.66. The predicted octanol–water partition coefficient (Wildman–Crippen LogP) is 11.7. The summed E-state index contributed by atoms with van der Waals surface area (Å²) in [6.45, 7) is 0.531. The molecule has 5 heterocycles. The summed E-state index contributed by atoms with van der Waals surface area (Å²) in [6.07, 6.45) is 23.6. The van der Waals surface area contributed by atoms with Crippen molar-refractivity contribution in [2.24, 2.45) is 4.99 Å². The molecule has 6 heteroatoms. The molecule has 310 valence electrons. The summed E-state index contributed by atoms with van der Waals surface area (Å²) in [7, 11) is 0. The van der Waals surface area contributed by atoms with E-state index in [1.807, 2.05) is 36.8 Å². The number of aromatic nitrogens is 5. The molecule has 2 unspecified atom stereocenters. The van der Waals surface area contributed by atoms with Crippen LogP contribution in [0.5, 0.6) is 0 Å². The number of fused-ring (bicyclic) bond motifs is 1. The average molecular weight is 845 g/mol. The molecule has 0 bridgehead atoms. The Morgan fingerprint density at radius 1 is 0.576 bits per heavy atom. The zero-order valence-corrected chi connectivity index (χ0v) is 36.0. The first kappa shape index (κ1) is 37.2. The highest BCUT2D eigenvalue weighted by Crippen LogP contribution is 2.47. The smallest absolute Gasteiger partial charge is 0.138 e. The minimum absolute atomic E-state index is 0.127. The highest BCUT2D eigenvalue weighted by Gasteiger charge is 2.29. The Morgan fingerprint density at radius 3 is 2.21 bits per heavy atom. The van der Waals surface area contributed by atoms with E-state index in [1.54, 1.807) is 12.4 Å². The number of aryl methyl sites for hydroxylation is 2. The second-order valence-corrected chi connectivity index (χ2v) is 18.0. The van der Waals surface area contributed by atoms with Gasteiger partial charge in [0.05, 0.1) is 35.1 Å². The van der Waals surface area contributed by atoms with Crippen LogP contribution in [0.2, 0.25) is 0 Å². The van der Waals surface area contributed by atoms with E-state index in [1.165, 1.54) is 76.1 Å². The van der Waals surface area contributed by atoms with Crippen molar-refractivity contribution in [2.45, 2.75) is 31.1 Å². The van der Waals surface area contributed by atoms with Gasteiger partial charge < -0.3 is 0 Å². The van der Waals surface area contributed by atoms with Gasteiger partial charge in [0.1, 0.15) is 5.82 Å². The normalized spacial score (nSPS) is 16.9. The molecule has 0 N–H and O–H groups in total. The Kier molecular flexibility index (Phi) is 8.26. The second kappa shape index (κ2) is 14.7. The lowest BCUT2D eigenvalue weighted by Gasteiger charge is -2.29. The Balaban J connectivity index is 1.03. The number of dihydropyridines is 1. The number of nitrogens with zero attached hydrogens (tertiary/aromatic N) is 6. The number of aliphatic imine (C=N–C) groups is 1. The monoisotopic (exact) mass is 844 g/mol. The van der Waals surface area contributed by atoms with Gasteiger partial charge in [-0.3, -0.25) is 19.9 Å². The summed E-state index contributed by atoms with van der Waals surface area (Å²) in [6, 6.07) is 44.4.